The number of nitrogens with one attached hydrogen (secondary N) is 1. The molecule has 2 aromatic rings. The lowest BCUT2D eigenvalue weighted by molar-refractivity contribution is 0.414. The minimum atomic E-state index is -0.120. The lowest BCUT2D eigenvalue weighted by atomic mass is 10.1. The topological polar surface area (TPSA) is 60.2 Å². The van der Waals surface area contributed by atoms with Crippen molar-refractivity contribution >= 4 is 6.01 Å². The van der Waals surface area contributed by atoms with Gasteiger partial charge in [0.15, 0.2) is 0 Å². The standard InChI is InChI=1S/C13H17N3O2/c1-13(2,3)14-12-16-15-11(18-12)9-7-5-6-8-10(9)17-4/h5-8H,1-4H3,(H,14,16). The number of ether oxygens (including phenoxy) is 1. The van der Waals surface area contributed by atoms with Crippen molar-refractivity contribution in [3.63, 3.8) is 0 Å². The Kier molecular flexibility index (Phi) is 3.23. The highest BCUT2D eigenvalue weighted by atomic mass is 16.5. The summed E-state index contributed by atoms with van der Waals surface area (Å²) in [6.45, 7) is 6.08. The Balaban J connectivity index is 2.29. The Bertz CT molecular complexity index is 529. The number of benzene rings is 1. The zero-order chi connectivity index (χ0) is 13.2. The van der Waals surface area contributed by atoms with Crippen LogP contribution in [0, 0.1) is 0 Å². The minimum absolute atomic E-state index is 0.120. The average molecular weight is 247 g/mol. The van der Waals surface area contributed by atoms with Crippen molar-refractivity contribution in [2.45, 2.75) is 26.3 Å². The van der Waals surface area contributed by atoms with E-state index in [2.05, 4.69) is 15.5 Å². The predicted molar refractivity (Wildman–Crippen MR) is 69.7 cm³/mol. The molecule has 1 N–H and O–H groups in total. The van der Waals surface area contributed by atoms with Crippen molar-refractivity contribution in [3.05, 3.63) is 24.3 Å². The molecule has 0 fully saturated rings. The fraction of sp³-hybridized carbons (Fsp3) is 0.385. The van der Waals surface area contributed by atoms with E-state index in [9.17, 15) is 0 Å². The third-order valence-electron chi connectivity index (χ3n) is 2.24. The molecule has 18 heavy (non-hydrogen) atoms. The fourth-order valence-electron chi connectivity index (χ4n) is 1.52. The van der Waals surface area contributed by atoms with E-state index < -0.39 is 0 Å². The molecule has 1 aromatic heterocycles. The molecule has 0 bridgehead atoms. The number of rotatable bonds is 3. The van der Waals surface area contributed by atoms with Gasteiger partial charge in [-0.1, -0.05) is 17.2 Å². The van der Waals surface area contributed by atoms with Crippen LogP contribution in [0.25, 0.3) is 11.5 Å². The van der Waals surface area contributed by atoms with E-state index in [0.29, 0.717) is 17.7 Å². The molecule has 0 spiro atoms. The average Bonchev–Trinajstić information content (AvgIpc) is 2.75. The van der Waals surface area contributed by atoms with Gasteiger partial charge in [0.05, 0.1) is 12.7 Å². The summed E-state index contributed by atoms with van der Waals surface area (Å²) in [4.78, 5) is 0. The Morgan fingerprint density at radius 1 is 1.17 bits per heavy atom. The Morgan fingerprint density at radius 3 is 2.56 bits per heavy atom. The van der Waals surface area contributed by atoms with Gasteiger partial charge < -0.3 is 14.5 Å². The van der Waals surface area contributed by atoms with Gasteiger partial charge in [0.25, 0.3) is 5.89 Å². The number of methoxy groups -OCH3 is 1. The highest BCUT2D eigenvalue weighted by molar-refractivity contribution is 5.62. The summed E-state index contributed by atoms with van der Waals surface area (Å²) in [5, 5.41) is 11.1. The van der Waals surface area contributed by atoms with Crippen LogP contribution < -0.4 is 10.1 Å². The van der Waals surface area contributed by atoms with Gasteiger partial charge in [-0.3, -0.25) is 0 Å². The lowest BCUT2D eigenvalue weighted by Gasteiger charge is -2.17. The molecular formula is C13H17N3O2. The van der Waals surface area contributed by atoms with Crippen molar-refractivity contribution < 1.29 is 9.15 Å². The predicted octanol–water partition coefficient (Wildman–Crippen LogP) is 2.96. The SMILES string of the molecule is COc1ccccc1-c1nnc(NC(C)(C)C)o1. The maximum atomic E-state index is 5.57. The largest absolute Gasteiger partial charge is 0.496 e. The second-order valence-electron chi connectivity index (χ2n) is 4.99. The first kappa shape index (κ1) is 12.4. The molecule has 96 valence electrons. The first-order chi connectivity index (χ1) is 8.49. The molecule has 0 atom stereocenters. The van der Waals surface area contributed by atoms with Crippen LogP contribution in [0.15, 0.2) is 28.7 Å². The summed E-state index contributed by atoms with van der Waals surface area (Å²) in [6.07, 6.45) is 0. The van der Waals surface area contributed by atoms with E-state index in [1.54, 1.807) is 7.11 Å². The number of hydrogen-bond acceptors (Lipinski definition) is 5. The van der Waals surface area contributed by atoms with E-state index in [-0.39, 0.29) is 5.54 Å². The monoisotopic (exact) mass is 247 g/mol. The number of para-hydroxylation sites is 1. The highest BCUT2D eigenvalue weighted by Crippen LogP contribution is 2.29. The van der Waals surface area contributed by atoms with Crippen LogP contribution >= 0.6 is 0 Å². The molecule has 0 saturated heterocycles. The molecule has 0 amide bonds. The van der Waals surface area contributed by atoms with Gasteiger partial charge in [-0.15, -0.1) is 5.10 Å². The van der Waals surface area contributed by atoms with Crippen LogP contribution in [0.4, 0.5) is 6.01 Å². The van der Waals surface area contributed by atoms with Crippen LogP contribution in [-0.2, 0) is 0 Å². The normalized spacial score (nSPS) is 11.3. The highest BCUT2D eigenvalue weighted by Gasteiger charge is 2.16. The molecule has 0 unspecified atom stereocenters. The lowest BCUT2D eigenvalue weighted by Crippen LogP contribution is -2.26. The third kappa shape index (κ3) is 2.80. The number of aromatic nitrogens is 2. The maximum Gasteiger partial charge on any atom is 0.316 e. The summed E-state index contributed by atoms with van der Waals surface area (Å²) in [5.74, 6) is 1.16. The van der Waals surface area contributed by atoms with Gasteiger partial charge in [-0.25, -0.2) is 0 Å². The Labute approximate surface area is 106 Å². The van der Waals surface area contributed by atoms with Crippen LogP contribution in [0.1, 0.15) is 20.8 Å². The first-order valence-corrected chi connectivity index (χ1v) is 5.75. The van der Waals surface area contributed by atoms with Gasteiger partial charge in [0.2, 0.25) is 0 Å². The molecule has 0 radical (unpaired) electrons. The summed E-state index contributed by atoms with van der Waals surface area (Å²) in [5.41, 5.74) is 0.666. The molecular weight excluding hydrogens is 230 g/mol. The van der Waals surface area contributed by atoms with Gasteiger partial charge >= 0.3 is 6.01 Å². The van der Waals surface area contributed by atoms with E-state index in [1.165, 1.54) is 0 Å². The van der Waals surface area contributed by atoms with Gasteiger partial charge in [-0.05, 0) is 32.9 Å². The molecule has 0 aliphatic heterocycles. The first-order valence-electron chi connectivity index (χ1n) is 5.75. The molecule has 0 aliphatic rings. The van der Waals surface area contributed by atoms with Gasteiger partial charge in [0.1, 0.15) is 5.75 Å². The zero-order valence-electron chi connectivity index (χ0n) is 11.0. The van der Waals surface area contributed by atoms with Crippen LogP contribution in [-0.4, -0.2) is 22.8 Å². The summed E-state index contributed by atoms with van der Waals surface area (Å²) in [7, 11) is 1.61. The third-order valence-corrected chi connectivity index (χ3v) is 2.24. The fourth-order valence-corrected chi connectivity index (χ4v) is 1.52. The van der Waals surface area contributed by atoms with Crippen LogP contribution in [0.3, 0.4) is 0 Å². The summed E-state index contributed by atoms with van der Waals surface area (Å²) >= 11 is 0. The smallest absolute Gasteiger partial charge is 0.316 e. The van der Waals surface area contributed by atoms with Crippen LogP contribution in [0.2, 0.25) is 0 Å². The van der Waals surface area contributed by atoms with Crippen molar-refractivity contribution in [2.24, 2.45) is 0 Å². The second-order valence-corrected chi connectivity index (χ2v) is 4.99. The minimum Gasteiger partial charge on any atom is -0.496 e. The van der Waals surface area contributed by atoms with Crippen molar-refractivity contribution in [3.8, 4) is 17.2 Å². The number of anilines is 1. The molecule has 0 saturated carbocycles. The van der Waals surface area contributed by atoms with E-state index in [0.717, 1.165) is 5.56 Å². The molecule has 5 heteroatoms. The van der Waals surface area contributed by atoms with Crippen LogP contribution in [0.5, 0.6) is 5.75 Å². The quantitative estimate of drug-likeness (QED) is 0.903. The van der Waals surface area contributed by atoms with Gasteiger partial charge in [-0.2, -0.15) is 0 Å². The van der Waals surface area contributed by atoms with Crippen molar-refractivity contribution in [2.75, 3.05) is 12.4 Å². The van der Waals surface area contributed by atoms with E-state index >= 15 is 0 Å². The summed E-state index contributed by atoms with van der Waals surface area (Å²) in [6, 6.07) is 7.94. The molecule has 2 rings (SSSR count). The Hall–Kier alpha value is -2.04. The maximum absolute atomic E-state index is 5.57. The van der Waals surface area contributed by atoms with Gasteiger partial charge in [0, 0.05) is 5.54 Å². The molecule has 1 heterocycles. The summed E-state index contributed by atoms with van der Waals surface area (Å²) < 4.78 is 10.8. The molecule has 0 aliphatic carbocycles. The van der Waals surface area contributed by atoms with Crippen molar-refractivity contribution in [1.29, 1.82) is 0 Å². The van der Waals surface area contributed by atoms with E-state index in [4.69, 9.17) is 9.15 Å². The van der Waals surface area contributed by atoms with E-state index in [1.807, 2.05) is 45.0 Å². The zero-order valence-corrected chi connectivity index (χ0v) is 11.0. The number of nitrogens with zero attached hydrogens (tertiary/aromatic N) is 2. The molecule has 1 aromatic carbocycles. The Morgan fingerprint density at radius 2 is 1.89 bits per heavy atom. The molecule has 5 nitrogen and oxygen atoms in total. The van der Waals surface area contributed by atoms with Crippen molar-refractivity contribution in [1.82, 2.24) is 10.2 Å². The number of hydrogen-bond donors (Lipinski definition) is 1. The second kappa shape index (κ2) is 4.68.